The lowest BCUT2D eigenvalue weighted by Gasteiger charge is -2.18. The fourth-order valence-corrected chi connectivity index (χ4v) is 3.96. The molecule has 0 aromatic heterocycles. The minimum Gasteiger partial charge on any atom is -0.473 e. The van der Waals surface area contributed by atoms with Crippen LogP contribution in [0.15, 0.2) is 42.5 Å². The molecule has 0 N–H and O–H groups in total. The van der Waals surface area contributed by atoms with E-state index >= 15 is 0 Å². The zero-order valence-corrected chi connectivity index (χ0v) is 12.1. The maximum Gasteiger partial charge on any atom is 0.131 e. The molecule has 0 heterocycles. The van der Waals surface area contributed by atoms with Gasteiger partial charge in [-0.1, -0.05) is 50.2 Å². The first-order valence-electron chi connectivity index (χ1n) is 6.75. The zero-order valence-electron chi connectivity index (χ0n) is 11.2. The molecule has 2 aromatic carbocycles. The van der Waals surface area contributed by atoms with Gasteiger partial charge in [-0.2, -0.15) is 0 Å². The van der Waals surface area contributed by atoms with E-state index in [9.17, 15) is 0 Å². The van der Waals surface area contributed by atoms with Gasteiger partial charge in [-0.05, 0) is 24.3 Å². The van der Waals surface area contributed by atoms with Gasteiger partial charge >= 0.3 is 0 Å². The largest absolute Gasteiger partial charge is 0.473 e. The van der Waals surface area contributed by atoms with Gasteiger partial charge in [0.25, 0.3) is 0 Å². The number of hydrogen-bond donors (Lipinski definition) is 0. The summed E-state index contributed by atoms with van der Waals surface area (Å²) in [5.74, 6) is 1.06. The minimum absolute atomic E-state index is 0.310. The molecule has 0 aliphatic rings. The van der Waals surface area contributed by atoms with Gasteiger partial charge in [0, 0.05) is 17.7 Å². The van der Waals surface area contributed by atoms with Gasteiger partial charge in [0.05, 0.1) is 8.15 Å². The molecule has 0 radical (unpaired) electrons. The molecule has 18 heavy (non-hydrogen) atoms. The summed E-state index contributed by atoms with van der Waals surface area (Å²) >= 11 is 0. The summed E-state index contributed by atoms with van der Waals surface area (Å²) < 4.78 is 6.27. The van der Waals surface area contributed by atoms with Gasteiger partial charge in [0.2, 0.25) is 0 Å². The Hall–Kier alpha value is -1.07. The van der Waals surface area contributed by atoms with E-state index in [1.807, 2.05) is 0 Å². The minimum atomic E-state index is -0.310. The molecule has 2 heteroatoms. The monoisotopic (exact) mass is 260 g/mol. The highest BCUT2D eigenvalue weighted by Gasteiger charge is 2.10. The Balaban J connectivity index is 2.24. The zero-order chi connectivity index (χ0) is 12.8. The highest BCUT2D eigenvalue weighted by atomic mass is 31.1. The van der Waals surface area contributed by atoms with Crippen LogP contribution in [-0.4, -0.2) is 12.3 Å². The summed E-state index contributed by atoms with van der Waals surface area (Å²) in [6, 6.07) is 14.8. The number of rotatable bonds is 6. The summed E-state index contributed by atoms with van der Waals surface area (Å²) in [6.07, 6.45) is 4.81. The van der Waals surface area contributed by atoms with Crippen LogP contribution in [0.3, 0.4) is 0 Å². The second kappa shape index (κ2) is 6.75. The van der Waals surface area contributed by atoms with Crippen molar-refractivity contribution in [1.82, 2.24) is 0 Å². The van der Waals surface area contributed by atoms with Crippen LogP contribution < -0.4 is 4.52 Å². The van der Waals surface area contributed by atoms with Crippen molar-refractivity contribution in [1.29, 1.82) is 0 Å². The lowest BCUT2D eigenvalue weighted by atomic mass is 10.1. The molecule has 0 fully saturated rings. The maximum atomic E-state index is 6.27. The molecule has 0 atom stereocenters. The Morgan fingerprint density at radius 2 is 1.56 bits per heavy atom. The molecule has 0 saturated heterocycles. The molecule has 0 amide bonds. The maximum absolute atomic E-state index is 6.27. The van der Waals surface area contributed by atoms with Crippen LogP contribution in [0, 0.1) is 0 Å². The summed E-state index contributed by atoms with van der Waals surface area (Å²) in [4.78, 5) is 0. The Morgan fingerprint density at radius 1 is 0.889 bits per heavy atom. The van der Waals surface area contributed by atoms with Crippen molar-refractivity contribution in [2.45, 2.75) is 26.7 Å². The lowest BCUT2D eigenvalue weighted by Crippen LogP contribution is -1.96. The molecule has 0 aliphatic heterocycles. The van der Waals surface area contributed by atoms with Crippen LogP contribution in [0.5, 0.6) is 5.75 Å². The van der Waals surface area contributed by atoms with E-state index in [0.29, 0.717) is 0 Å². The highest BCUT2D eigenvalue weighted by molar-refractivity contribution is 7.52. The first kappa shape index (κ1) is 13.4. The molecule has 1 nitrogen and oxygen atoms in total. The van der Waals surface area contributed by atoms with Crippen molar-refractivity contribution in [2.24, 2.45) is 0 Å². The average molecular weight is 260 g/mol. The molecule has 2 aromatic rings. The molecule has 2 rings (SSSR count). The highest BCUT2D eigenvalue weighted by Crippen LogP contribution is 2.41. The van der Waals surface area contributed by atoms with Crippen LogP contribution >= 0.6 is 8.15 Å². The Morgan fingerprint density at radius 3 is 2.28 bits per heavy atom. The third kappa shape index (κ3) is 3.23. The van der Waals surface area contributed by atoms with Crippen molar-refractivity contribution >= 4 is 18.9 Å². The van der Waals surface area contributed by atoms with E-state index in [1.165, 1.54) is 35.9 Å². The van der Waals surface area contributed by atoms with Gasteiger partial charge in [-0.25, -0.2) is 0 Å². The van der Waals surface area contributed by atoms with Crippen molar-refractivity contribution < 1.29 is 4.52 Å². The summed E-state index contributed by atoms with van der Waals surface area (Å²) in [5.41, 5.74) is 0. The molecular formula is C16H21OP. The average Bonchev–Trinajstić information content (AvgIpc) is 2.40. The van der Waals surface area contributed by atoms with E-state index in [-0.39, 0.29) is 8.15 Å². The molecule has 0 unspecified atom stereocenters. The molecule has 0 spiro atoms. The van der Waals surface area contributed by atoms with Crippen LogP contribution in [0.2, 0.25) is 0 Å². The SMILES string of the molecule is CCCP(CCC)Oc1cccc2ccccc12. The van der Waals surface area contributed by atoms with E-state index in [1.54, 1.807) is 0 Å². The predicted octanol–water partition coefficient (Wildman–Crippen LogP) is 5.44. The summed E-state index contributed by atoms with van der Waals surface area (Å²) in [7, 11) is -0.310. The summed E-state index contributed by atoms with van der Waals surface area (Å²) in [6.45, 7) is 4.47. The Labute approximate surface area is 111 Å². The first-order chi connectivity index (χ1) is 8.85. The third-order valence-electron chi connectivity index (χ3n) is 2.92. The van der Waals surface area contributed by atoms with E-state index in [2.05, 4.69) is 56.3 Å². The van der Waals surface area contributed by atoms with Crippen molar-refractivity contribution in [3.05, 3.63) is 42.5 Å². The normalized spacial score (nSPS) is 11.1. The van der Waals surface area contributed by atoms with E-state index in [0.717, 1.165) is 5.75 Å². The van der Waals surface area contributed by atoms with Crippen LogP contribution in [0.4, 0.5) is 0 Å². The standard InChI is InChI=1S/C16H21OP/c1-3-12-18(13-4-2)17-16-11-7-9-14-8-5-6-10-15(14)16/h5-11H,3-4,12-13H2,1-2H3. The van der Waals surface area contributed by atoms with Crippen LogP contribution in [0.1, 0.15) is 26.7 Å². The molecule has 0 bridgehead atoms. The Kier molecular flexibility index (Phi) is 5.01. The van der Waals surface area contributed by atoms with Gasteiger partial charge in [-0.3, -0.25) is 0 Å². The van der Waals surface area contributed by atoms with Gasteiger partial charge < -0.3 is 4.52 Å². The van der Waals surface area contributed by atoms with E-state index in [4.69, 9.17) is 4.52 Å². The quantitative estimate of drug-likeness (QED) is 0.629. The second-order valence-corrected chi connectivity index (χ2v) is 6.54. The van der Waals surface area contributed by atoms with Crippen molar-refractivity contribution in [3.63, 3.8) is 0 Å². The lowest BCUT2D eigenvalue weighted by molar-refractivity contribution is 0.615. The second-order valence-electron chi connectivity index (χ2n) is 4.50. The fourth-order valence-electron chi connectivity index (χ4n) is 2.12. The molecule has 0 aliphatic carbocycles. The molecular weight excluding hydrogens is 239 g/mol. The topological polar surface area (TPSA) is 9.23 Å². The van der Waals surface area contributed by atoms with Crippen molar-refractivity contribution in [3.8, 4) is 5.75 Å². The Bertz CT molecular complexity index is 484. The third-order valence-corrected chi connectivity index (χ3v) is 5.27. The van der Waals surface area contributed by atoms with Gasteiger partial charge in [0.1, 0.15) is 5.75 Å². The van der Waals surface area contributed by atoms with E-state index < -0.39 is 0 Å². The number of fused-ring (bicyclic) bond motifs is 1. The van der Waals surface area contributed by atoms with Crippen LogP contribution in [0.25, 0.3) is 10.8 Å². The predicted molar refractivity (Wildman–Crippen MR) is 81.8 cm³/mol. The first-order valence-corrected chi connectivity index (χ1v) is 8.38. The van der Waals surface area contributed by atoms with Crippen molar-refractivity contribution in [2.75, 3.05) is 12.3 Å². The van der Waals surface area contributed by atoms with Crippen LogP contribution in [-0.2, 0) is 0 Å². The smallest absolute Gasteiger partial charge is 0.131 e. The molecule has 96 valence electrons. The fraction of sp³-hybridized carbons (Fsp3) is 0.375. The van der Waals surface area contributed by atoms with Gasteiger partial charge in [-0.15, -0.1) is 0 Å². The number of benzene rings is 2. The summed E-state index contributed by atoms with van der Waals surface area (Å²) in [5, 5.41) is 2.50. The van der Waals surface area contributed by atoms with Gasteiger partial charge in [0.15, 0.2) is 0 Å². The molecule has 0 saturated carbocycles. The number of hydrogen-bond acceptors (Lipinski definition) is 1.